The lowest BCUT2D eigenvalue weighted by Crippen LogP contribution is -2.51. The number of nitrogens with one attached hydrogen (secondary N) is 2. The lowest BCUT2D eigenvalue weighted by atomic mass is 9.73. The van der Waals surface area contributed by atoms with Crippen molar-refractivity contribution in [1.29, 1.82) is 0 Å². The Kier molecular flexibility index (Phi) is 4.30. The van der Waals surface area contributed by atoms with E-state index >= 15 is 0 Å². The molecule has 21 heavy (non-hydrogen) atoms. The number of carbonyl (C=O) groups excluding carboxylic acids is 2. The molecule has 2 rings (SSSR count). The fourth-order valence-corrected chi connectivity index (χ4v) is 2.87. The zero-order chi connectivity index (χ0) is 15.6. The van der Waals surface area contributed by atoms with E-state index in [0.29, 0.717) is 19.5 Å². The van der Waals surface area contributed by atoms with Gasteiger partial charge in [-0.1, -0.05) is 13.8 Å². The fraction of sp³-hybridized carbons (Fsp3) is 0.562. The van der Waals surface area contributed by atoms with Gasteiger partial charge in [-0.05, 0) is 37.0 Å². The quantitative estimate of drug-likeness (QED) is 0.885. The predicted molar refractivity (Wildman–Crippen MR) is 80.5 cm³/mol. The molecule has 1 atom stereocenters. The molecule has 1 saturated heterocycles. The van der Waals surface area contributed by atoms with Crippen LogP contribution in [0.1, 0.15) is 37.2 Å². The molecule has 1 aromatic heterocycles. The van der Waals surface area contributed by atoms with Crippen molar-refractivity contribution in [2.75, 3.05) is 6.54 Å². The molecule has 0 spiro atoms. The number of aryl methyl sites for hydroxylation is 2. The van der Waals surface area contributed by atoms with E-state index in [-0.39, 0.29) is 23.1 Å². The van der Waals surface area contributed by atoms with E-state index in [9.17, 15) is 9.59 Å². The first-order chi connectivity index (χ1) is 9.78. The Morgan fingerprint density at radius 2 is 2.00 bits per heavy atom. The van der Waals surface area contributed by atoms with E-state index in [1.807, 2.05) is 39.8 Å². The topological polar surface area (TPSA) is 71.1 Å². The Bertz CT molecular complexity index is 546. The molecular weight excluding hydrogens is 266 g/mol. The Balaban J connectivity index is 2.00. The van der Waals surface area contributed by atoms with Gasteiger partial charge in [-0.2, -0.15) is 0 Å². The van der Waals surface area contributed by atoms with E-state index < -0.39 is 0 Å². The number of aromatic nitrogens is 1. The molecule has 1 aliphatic rings. The van der Waals surface area contributed by atoms with E-state index in [1.54, 1.807) is 0 Å². The van der Waals surface area contributed by atoms with Gasteiger partial charge in [0.15, 0.2) is 0 Å². The highest BCUT2D eigenvalue weighted by Gasteiger charge is 2.40. The van der Waals surface area contributed by atoms with Crippen LogP contribution in [0.4, 0.5) is 0 Å². The third-order valence-corrected chi connectivity index (χ3v) is 3.99. The summed E-state index contributed by atoms with van der Waals surface area (Å²) < 4.78 is 0. The van der Waals surface area contributed by atoms with E-state index in [0.717, 1.165) is 17.0 Å². The van der Waals surface area contributed by atoms with Gasteiger partial charge in [-0.3, -0.25) is 14.6 Å². The van der Waals surface area contributed by atoms with Crippen molar-refractivity contribution in [2.24, 2.45) is 11.3 Å². The molecule has 5 heteroatoms. The van der Waals surface area contributed by atoms with Crippen LogP contribution >= 0.6 is 0 Å². The number of amides is 2. The van der Waals surface area contributed by atoms with E-state index in [2.05, 4.69) is 15.6 Å². The van der Waals surface area contributed by atoms with Crippen molar-refractivity contribution in [1.82, 2.24) is 15.6 Å². The zero-order valence-electron chi connectivity index (χ0n) is 13.1. The molecule has 114 valence electrons. The number of rotatable bonds is 3. The fourth-order valence-electron chi connectivity index (χ4n) is 2.87. The molecule has 1 fully saturated rings. The molecule has 2 heterocycles. The van der Waals surface area contributed by atoms with Gasteiger partial charge in [0.05, 0.1) is 5.92 Å². The van der Waals surface area contributed by atoms with Gasteiger partial charge in [-0.25, -0.2) is 0 Å². The van der Waals surface area contributed by atoms with Crippen molar-refractivity contribution in [3.8, 4) is 0 Å². The molecule has 2 amide bonds. The number of nitrogens with zero attached hydrogens (tertiary/aromatic N) is 1. The van der Waals surface area contributed by atoms with Crippen molar-refractivity contribution in [3.63, 3.8) is 0 Å². The summed E-state index contributed by atoms with van der Waals surface area (Å²) in [7, 11) is 0. The van der Waals surface area contributed by atoms with Gasteiger partial charge < -0.3 is 10.6 Å². The summed E-state index contributed by atoms with van der Waals surface area (Å²) in [6.45, 7) is 8.72. The maximum atomic E-state index is 12.4. The summed E-state index contributed by atoms with van der Waals surface area (Å²) in [5, 5.41) is 5.75. The monoisotopic (exact) mass is 289 g/mol. The molecule has 2 N–H and O–H groups in total. The SMILES string of the molecule is Cc1cc(CNC(=O)C2CNC(=O)CC2(C)C)cc(C)n1. The lowest BCUT2D eigenvalue weighted by molar-refractivity contribution is -0.135. The van der Waals surface area contributed by atoms with Crippen molar-refractivity contribution < 1.29 is 9.59 Å². The summed E-state index contributed by atoms with van der Waals surface area (Å²) in [5.41, 5.74) is 2.64. The lowest BCUT2D eigenvalue weighted by Gasteiger charge is -2.37. The Morgan fingerprint density at radius 3 is 2.57 bits per heavy atom. The van der Waals surface area contributed by atoms with Gasteiger partial charge in [0, 0.05) is 30.9 Å². The maximum absolute atomic E-state index is 12.4. The Morgan fingerprint density at radius 1 is 1.38 bits per heavy atom. The highest BCUT2D eigenvalue weighted by Crippen LogP contribution is 2.33. The second-order valence-corrected chi connectivity index (χ2v) is 6.50. The van der Waals surface area contributed by atoms with Crippen LogP contribution in [0.15, 0.2) is 12.1 Å². The molecule has 1 aliphatic heterocycles. The van der Waals surface area contributed by atoms with Crippen LogP contribution in [-0.2, 0) is 16.1 Å². The average molecular weight is 289 g/mol. The number of hydrogen-bond acceptors (Lipinski definition) is 3. The van der Waals surface area contributed by atoms with Gasteiger partial charge in [-0.15, -0.1) is 0 Å². The summed E-state index contributed by atoms with van der Waals surface area (Å²) in [6.07, 6.45) is 0.387. The van der Waals surface area contributed by atoms with Crippen molar-refractivity contribution in [3.05, 3.63) is 29.1 Å². The Labute approximate surface area is 125 Å². The third kappa shape index (κ3) is 3.80. The minimum Gasteiger partial charge on any atom is -0.355 e. The molecule has 0 saturated carbocycles. The molecule has 5 nitrogen and oxygen atoms in total. The number of piperidine rings is 1. The van der Waals surface area contributed by atoms with Gasteiger partial charge >= 0.3 is 0 Å². The summed E-state index contributed by atoms with van der Waals surface area (Å²) in [5.74, 6) is -0.184. The van der Waals surface area contributed by atoms with Crippen LogP contribution in [0, 0.1) is 25.2 Å². The summed E-state index contributed by atoms with van der Waals surface area (Å²) in [6, 6.07) is 3.95. The average Bonchev–Trinajstić information content (AvgIpc) is 2.33. The first-order valence-corrected chi connectivity index (χ1v) is 7.26. The molecule has 0 radical (unpaired) electrons. The van der Waals surface area contributed by atoms with Crippen molar-refractivity contribution in [2.45, 2.75) is 40.7 Å². The first-order valence-electron chi connectivity index (χ1n) is 7.26. The maximum Gasteiger partial charge on any atom is 0.225 e. The molecular formula is C16H23N3O2. The summed E-state index contributed by atoms with van der Waals surface area (Å²) in [4.78, 5) is 28.2. The second-order valence-electron chi connectivity index (χ2n) is 6.50. The zero-order valence-corrected chi connectivity index (χ0v) is 13.1. The number of carbonyl (C=O) groups is 2. The van der Waals surface area contributed by atoms with Gasteiger partial charge in [0.1, 0.15) is 0 Å². The van der Waals surface area contributed by atoms with Gasteiger partial charge in [0.25, 0.3) is 0 Å². The minimum absolute atomic E-state index is 0.00730. The number of pyridine rings is 1. The van der Waals surface area contributed by atoms with Crippen LogP contribution in [0.25, 0.3) is 0 Å². The van der Waals surface area contributed by atoms with Crippen LogP contribution in [0.2, 0.25) is 0 Å². The number of hydrogen-bond donors (Lipinski definition) is 2. The highest BCUT2D eigenvalue weighted by atomic mass is 16.2. The largest absolute Gasteiger partial charge is 0.355 e. The summed E-state index contributed by atoms with van der Waals surface area (Å²) >= 11 is 0. The molecule has 0 aliphatic carbocycles. The van der Waals surface area contributed by atoms with E-state index in [1.165, 1.54) is 0 Å². The molecule has 1 unspecified atom stereocenters. The normalized spacial score (nSPS) is 20.8. The van der Waals surface area contributed by atoms with Crippen LogP contribution in [-0.4, -0.2) is 23.3 Å². The standard InChI is InChI=1S/C16H23N3O2/c1-10-5-12(6-11(2)19-10)8-18-15(21)13-9-17-14(20)7-16(13,3)4/h5-6,13H,7-9H2,1-4H3,(H,17,20)(H,18,21). The second kappa shape index (κ2) is 5.84. The van der Waals surface area contributed by atoms with Gasteiger partial charge in [0.2, 0.25) is 11.8 Å². The Hall–Kier alpha value is -1.91. The molecule has 0 bridgehead atoms. The molecule has 0 aromatic carbocycles. The highest BCUT2D eigenvalue weighted by molar-refractivity contribution is 5.85. The van der Waals surface area contributed by atoms with Crippen LogP contribution in [0.3, 0.4) is 0 Å². The minimum atomic E-state index is -0.309. The predicted octanol–water partition coefficient (Wildman–Crippen LogP) is 1.48. The van der Waals surface area contributed by atoms with Crippen LogP contribution < -0.4 is 10.6 Å². The van der Waals surface area contributed by atoms with Crippen molar-refractivity contribution >= 4 is 11.8 Å². The smallest absolute Gasteiger partial charge is 0.225 e. The first kappa shape index (κ1) is 15.5. The third-order valence-electron chi connectivity index (χ3n) is 3.99. The molecule has 1 aromatic rings. The van der Waals surface area contributed by atoms with E-state index in [4.69, 9.17) is 0 Å². The van der Waals surface area contributed by atoms with Crippen LogP contribution in [0.5, 0.6) is 0 Å².